The normalized spacial score (nSPS) is 12.1. The van der Waals surface area contributed by atoms with Gasteiger partial charge in [0.15, 0.2) is 0 Å². The van der Waals surface area contributed by atoms with Gasteiger partial charge in [-0.1, -0.05) is 13.8 Å². The number of rotatable bonds is 5. The summed E-state index contributed by atoms with van der Waals surface area (Å²) >= 11 is 0. The van der Waals surface area contributed by atoms with E-state index in [0.29, 0.717) is 0 Å². The Bertz CT molecular complexity index is 153. The predicted octanol–water partition coefficient (Wildman–Crippen LogP) is 0.0326. The van der Waals surface area contributed by atoms with Gasteiger partial charge in [-0.2, -0.15) is 0 Å². The average Bonchev–Trinajstić information content (AvgIpc) is 1.99. The quantitative estimate of drug-likeness (QED) is 0.458. The van der Waals surface area contributed by atoms with Gasteiger partial charge in [-0.25, -0.2) is 0 Å². The first-order chi connectivity index (χ1) is 5.48. The van der Waals surface area contributed by atoms with Crippen LogP contribution in [0.2, 0.25) is 0 Å². The summed E-state index contributed by atoms with van der Waals surface area (Å²) in [4.78, 5) is 9.90. The molecule has 5 nitrogen and oxygen atoms in total. The third-order valence-corrected chi connectivity index (χ3v) is 1.76. The van der Waals surface area contributed by atoms with Crippen LogP contribution in [-0.2, 0) is 0 Å². The molecule has 0 aliphatic carbocycles. The molecule has 0 saturated carbocycles. The number of hydrogen-bond acceptors (Lipinski definition) is 4. The second-order valence-corrected chi connectivity index (χ2v) is 3.40. The van der Waals surface area contributed by atoms with Crippen molar-refractivity contribution in [2.24, 2.45) is 5.92 Å². The van der Waals surface area contributed by atoms with Crippen LogP contribution < -0.4 is 0 Å². The van der Waals surface area contributed by atoms with Crippen molar-refractivity contribution >= 4 is 0 Å². The lowest BCUT2D eigenvalue weighted by atomic mass is 9.91. The molecule has 0 unspecified atom stereocenters. The van der Waals surface area contributed by atoms with Crippen molar-refractivity contribution in [3.8, 4) is 0 Å². The van der Waals surface area contributed by atoms with E-state index in [9.17, 15) is 10.1 Å². The Morgan fingerprint density at radius 1 is 1.42 bits per heavy atom. The fourth-order valence-corrected chi connectivity index (χ4v) is 1.13. The van der Waals surface area contributed by atoms with Crippen molar-refractivity contribution in [1.29, 1.82) is 0 Å². The number of aliphatic hydroxyl groups excluding tert-OH is 2. The monoisotopic (exact) mass is 177 g/mol. The summed E-state index contributed by atoms with van der Waals surface area (Å²) in [5, 5.41) is 28.1. The highest BCUT2D eigenvalue weighted by atomic mass is 16.6. The van der Waals surface area contributed by atoms with Crippen LogP contribution in [0.25, 0.3) is 0 Å². The zero-order valence-electron chi connectivity index (χ0n) is 7.36. The Morgan fingerprint density at radius 3 is 1.92 bits per heavy atom. The predicted molar refractivity (Wildman–Crippen MR) is 43.4 cm³/mol. The van der Waals surface area contributed by atoms with Gasteiger partial charge in [0.1, 0.15) is 13.2 Å². The van der Waals surface area contributed by atoms with Gasteiger partial charge in [-0.05, 0) is 5.92 Å². The highest BCUT2D eigenvalue weighted by Crippen LogP contribution is 2.19. The van der Waals surface area contributed by atoms with Gasteiger partial charge in [0.2, 0.25) is 0 Å². The molecule has 0 radical (unpaired) electrons. The van der Waals surface area contributed by atoms with Gasteiger partial charge < -0.3 is 10.2 Å². The highest BCUT2D eigenvalue weighted by molar-refractivity contribution is 4.78. The minimum atomic E-state index is -1.56. The summed E-state index contributed by atoms with van der Waals surface area (Å²) < 4.78 is 0. The van der Waals surface area contributed by atoms with Gasteiger partial charge in [-0.3, -0.25) is 10.1 Å². The van der Waals surface area contributed by atoms with E-state index in [4.69, 9.17) is 10.2 Å². The van der Waals surface area contributed by atoms with E-state index in [1.54, 1.807) is 0 Å². The molecule has 0 atom stereocenters. The van der Waals surface area contributed by atoms with Crippen LogP contribution in [0.1, 0.15) is 20.3 Å². The zero-order valence-corrected chi connectivity index (χ0v) is 7.36. The summed E-state index contributed by atoms with van der Waals surface area (Å²) in [6, 6.07) is 0. The minimum Gasteiger partial charge on any atom is -0.389 e. The van der Waals surface area contributed by atoms with E-state index < -0.39 is 23.7 Å². The summed E-state index contributed by atoms with van der Waals surface area (Å²) in [5.41, 5.74) is -1.56. The topological polar surface area (TPSA) is 83.6 Å². The molecular weight excluding hydrogens is 162 g/mol. The molecule has 0 aliphatic rings. The molecular formula is C7H15NO4. The van der Waals surface area contributed by atoms with Crippen LogP contribution in [0.15, 0.2) is 0 Å². The average molecular weight is 177 g/mol. The standard InChI is InChI=1S/C7H15NO4/c1-6(2)3-7(4-9,5-10)8(11)12/h6,9-10H,3-5H2,1-2H3. The summed E-state index contributed by atoms with van der Waals surface area (Å²) in [5.74, 6) is 0.0784. The van der Waals surface area contributed by atoms with Gasteiger partial charge in [-0.15, -0.1) is 0 Å². The molecule has 0 aromatic carbocycles. The zero-order chi connectivity index (χ0) is 9.78. The van der Waals surface area contributed by atoms with Crippen molar-refractivity contribution < 1.29 is 15.1 Å². The van der Waals surface area contributed by atoms with E-state index in [1.165, 1.54) is 0 Å². The largest absolute Gasteiger partial charge is 0.389 e. The third kappa shape index (κ3) is 2.42. The van der Waals surface area contributed by atoms with Crippen LogP contribution in [0, 0.1) is 16.0 Å². The molecule has 0 amide bonds. The van der Waals surface area contributed by atoms with Crippen molar-refractivity contribution in [1.82, 2.24) is 0 Å². The Morgan fingerprint density at radius 2 is 1.83 bits per heavy atom. The Hall–Kier alpha value is -0.680. The third-order valence-electron chi connectivity index (χ3n) is 1.76. The molecule has 0 fully saturated rings. The fourth-order valence-electron chi connectivity index (χ4n) is 1.13. The van der Waals surface area contributed by atoms with Gasteiger partial charge in [0.05, 0.1) is 0 Å². The second-order valence-electron chi connectivity index (χ2n) is 3.40. The molecule has 0 spiro atoms. The maximum atomic E-state index is 10.5. The smallest absolute Gasteiger partial charge is 0.267 e. The first-order valence-corrected chi connectivity index (χ1v) is 3.84. The first kappa shape index (κ1) is 11.3. The molecule has 2 N–H and O–H groups in total. The van der Waals surface area contributed by atoms with E-state index in [-0.39, 0.29) is 12.3 Å². The molecule has 5 heteroatoms. The van der Waals surface area contributed by atoms with E-state index in [0.717, 1.165) is 0 Å². The molecule has 12 heavy (non-hydrogen) atoms. The maximum Gasteiger partial charge on any atom is 0.267 e. The van der Waals surface area contributed by atoms with E-state index in [1.807, 2.05) is 13.8 Å². The Balaban J connectivity index is 4.46. The molecule has 0 aliphatic heterocycles. The van der Waals surface area contributed by atoms with Crippen LogP contribution in [0.3, 0.4) is 0 Å². The van der Waals surface area contributed by atoms with Crippen LogP contribution in [0.5, 0.6) is 0 Å². The van der Waals surface area contributed by atoms with Crippen LogP contribution in [-0.4, -0.2) is 33.9 Å². The van der Waals surface area contributed by atoms with Crippen LogP contribution in [0.4, 0.5) is 0 Å². The summed E-state index contributed by atoms with van der Waals surface area (Å²) in [6.07, 6.45) is 0.188. The molecule has 72 valence electrons. The molecule has 0 aromatic heterocycles. The highest BCUT2D eigenvalue weighted by Gasteiger charge is 2.42. The summed E-state index contributed by atoms with van der Waals surface area (Å²) in [6.45, 7) is 2.39. The fraction of sp³-hybridized carbons (Fsp3) is 1.00. The second kappa shape index (κ2) is 4.37. The Kier molecular flexibility index (Phi) is 4.12. The molecule has 0 heterocycles. The van der Waals surface area contributed by atoms with Crippen molar-refractivity contribution in [2.75, 3.05) is 13.2 Å². The van der Waals surface area contributed by atoms with Crippen molar-refractivity contribution in [3.05, 3.63) is 10.1 Å². The van der Waals surface area contributed by atoms with Crippen LogP contribution >= 0.6 is 0 Å². The minimum absolute atomic E-state index is 0.0784. The number of nitro groups is 1. The molecule has 0 rings (SSSR count). The SMILES string of the molecule is CC(C)CC(CO)(CO)[N+](=O)[O-]. The number of hydrogen-bond donors (Lipinski definition) is 2. The molecule has 0 bridgehead atoms. The van der Waals surface area contributed by atoms with Gasteiger partial charge in [0.25, 0.3) is 5.54 Å². The van der Waals surface area contributed by atoms with Crippen molar-refractivity contribution in [2.45, 2.75) is 25.8 Å². The lowest BCUT2D eigenvalue weighted by Gasteiger charge is -2.22. The maximum absolute atomic E-state index is 10.5. The number of nitrogens with zero attached hydrogens (tertiary/aromatic N) is 1. The molecule has 0 saturated heterocycles. The number of aliphatic hydroxyl groups is 2. The summed E-state index contributed by atoms with van der Waals surface area (Å²) in [7, 11) is 0. The van der Waals surface area contributed by atoms with Crippen molar-refractivity contribution in [3.63, 3.8) is 0 Å². The Labute approximate surface area is 71.2 Å². The van der Waals surface area contributed by atoms with E-state index in [2.05, 4.69) is 0 Å². The first-order valence-electron chi connectivity index (χ1n) is 3.84. The van der Waals surface area contributed by atoms with Gasteiger partial charge >= 0.3 is 0 Å². The lowest BCUT2D eigenvalue weighted by molar-refractivity contribution is -0.579. The lowest BCUT2D eigenvalue weighted by Crippen LogP contribution is -2.46. The molecule has 0 aromatic rings. The van der Waals surface area contributed by atoms with E-state index >= 15 is 0 Å². The van der Waals surface area contributed by atoms with Gasteiger partial charge in [0, 0.05) is 11.3 Å².